The summed E-state index contributed by atoms with van der Waals surface area (Å²) >= 11 is 1.40. The molecule has 27 heavy (non-hydrogen) atoms. The summed E-state index contributed by atoms with van der Waals surface area (Å²) in [4.78, 5) is 14.6. The number of nitrogens with zero attached hydrogens (tertiary/aromatic N) is 4. The summed E-state index contributed by atoms with van der Waals surface area (Å²) in [7, 11) is 0. The van der Waals surface area contributed by atoms with Crippen molar-refractivity contribution in [3.8, 4) is 0 Å². The second kappa shape index (κ2) is 10.3. The van der Waals surface area contributed by atoms with E-state index in [0.717, 1.165) is 29.7 Å². The summed E-state index contributed by atoms with van der Waals surface area (Å²) in [5.74, 6) is 1.93. The second-order valence-corrected chi connectivity index (χ2v) is 7.54. The third kappa shape index (κ3) is 5.97. The van der Waals surface area contributed by atoms with Gasteiger partial charge in [0.05, 0.1) is 18.6 Å². The standard InChI is InChI=1S/C19H27N5O2S/c1-2-9-24-17(8-12-23-10-4-3-5-11-23)21-22-19(24)27-15-18(25)20-14-16-7-6-13-26-16/h2,6-7,13H,1,3-5,8-12,14-15H2,(H,20,25). The largest absolute Gasteiger partial charge is 0.467 e. The third-order valence-corrected chi connectivity index (χ3v) is 5.54. The van der Waals surface area contributed by atoms with E-state index in [-0.39, 0.29) is 5.91 Å². The van der Waals surface area contributed by atoms with E-state index >= 15 is 0 Å². The van der Waals surface area contributed by atoms with Gasteiger partial charge in [-0.25, -0.2) is 0 Å². The predicted octanol–water partition coefficient (Wildman–Crippen LogP) is 2.49. The SMILES string of the molecule is C=CCn1c(CCN2CCCCC2)nnc1SCC(=O)NCc1ccco1. The zero-order valence-corrected chi connectivity index (χ0v) is 16.4. The van der Waals surface area contributed by atoms with E-state index in [1.54, 1.807) is 12.3 Å². The van der Waals surface area contributed by atoms with Crippen LogP contribution in [0.1, 0.15) is 30.8 Å². The number of allylic oxidation sites excluding steroid dienone is 1. The topological polar surface area (TPSA) is 76.2 Å². The molecule has 146 valence electrons. The molecule has 1 N–H and O–H groups in total. The van der Waals surface area contributed by atoms with Crippen LogP contribution >= 0.6 is 11.8 Å². The first-order valence-corrected chi connectivity index (χ1v) is 10.4. The molecule has 1 aliphatic rings. The van der Waals surface area contributed by atoms with E-state index in [4.69, 9.17) is 4.42 Å². The lowest BCUT2D eigenvalue weighted by molar-refractivity contribution is -0.118. The van der Waals surface area contributed by atoms with Gasteiger partial charge < -0.3 is 19.2 Å². The maximum absolute atomic E-state index is 12.1. The van der Waals surface area contributed by atoms with Gasteiger partial charge in [-0.3, -0.25) is 4.79 Å². The molecule has 0 aliphatic carbocycles. The minimum atomic E-state index is -0.0561. The maximum atomic E-state index is 12.1. The summed E-state index contributed by atoms with van der Waals surface area (Å²) in [6, 6.07) is 3.64. The van der Waals surface area contributed by atoms with E-state index in [1.165, 1.54) is 44.1 Å². The van der Waals surface area contributed by atoms with Crippen molar-refractivity contribution in [3.05, 3.63) is 42.6 Å². The number of carbonyl (C=O) groups excluding carboxylic acids is 1. The number of rotatable bonds is 10. The Bertz CT molecular complexity index is 723. The number of furan rings is 1. The zero-order valence-electron chi connectivity index (χ0n) is 15.6. The molecule has 3 rings (SSSR count). The predicted molar refractivity (Wildman–Crippen MR) is 105 cm³/mol. The minimum absolute atomic E-state index is 0.0561. The Hall–Kier alpha value is -2.06. The highest BCUT2D eigenvalue weighted by atomic mass is 32.2. The molecule has 0 atom stereocenters. The van der Waals surface area contributed by atoms with Gasteiger partial charge in [0.1, 0.15) is 11.6 Å². The third-order valence-electron chi connectivity index (χ3n) is 4.58. The van der Waals surface area contributed by atoms with Crippen LogP contribution in [-0.4, -0.2) is 51.0 Å². The Balaban J connectivity index is 1.50. The Morgan fingerprint density at radius 3 is 2.93 bits per heavy atom. The van der Waals surface area contributed by atoms with Crippen LogP contribution in [-0.2, 0) is 24.3 Å². The van der Waals surface area contributed by atoms with Crippen LogP contribution in [0.2, 0.25) is 0 Å². The molecule has 0 radical (unpaired) electrons. The molecule has 2 aromatic heterocycles. The molecule has 1 amide bonds. The van der Waals surface area contributed by atoms with E-state index in [2.05, 4.69) is 31.6 Å². The van der Waals surface area contributed by atoms with Crippen molar-refractivity contribution >= 4 is 17.7 Å². The van der Waals surface area contributed by atoms with Crippen LogP contribution < -0.4 is 5.32 Å². The summed E-state index contributed by atoms with van der Waals surface area (Å²) in [6.45, 7) is 8.23. The average Bonchev–Trinajstić information content (AvgIpc) is 3.34. The van der Waals surface area contributed by atoms with Crippen molar-refractivity contribution in [1.82, 2.24) is 25.0 Å². The van der Waals surface area contributed by atoms with Crippen molar-refractivity contribution in [3.63, 3.8) is 0 Å². The normalized spacial score (nSPS) is 15.0. The molecule has 2 aromatic rings. The number of hydrogen-bond donors (Lipinski definition) is 1. The lowest BCUT2D eigenvalue weighted by Crippen LogP contribution is -2.32. The van der Waals surface area contributed by atoms with Crippen LogP contribution in [0.3, 0.4) is 0 Å². The molecule has 1 saturated heterocycles. The van der Waals surface area contributed by atoms with Gasteiger partial charge >= 0.3 is 0 Å². The molecule has 0 saturated carbocycles. The van der Waals surface area contributed by atoms with Gasteiger partial charge in [-0.1, -0.05) is 24.3 Å². The first-order chi connectivity index (χ1) is 13.3. The van der Waals surface area contributed by atoms with Gasteiger partial charge in [-0.05, 0) is 38.1 Å². The summed E-state index contributed by atoms with van der Waals surface area (Å²) in [5.41, 5.74) is 0. The fraction of sp³-hybridized carbons (Fsp3) is 0.526. The quantitative estimate of drug-likeness (QED) is 0.497. The molecule has 8 heteroatoms. The second-order valence-electron chi connectivity index (χ2n) is 6.60. The Kier molecular flexibility index (Phi) is 7.53. The van der Waals surface area contributed by atoms with E-state index in [1.807, 2.05) is 12.1 Å². The number of carbonyl (C=O) groups is 1. The van der Waals surface area contributed by atoms with Crippen molar-refractivity contribution in [2.75, 3.05) is 25.4 Å². The molecular weight excluding hydrogens is 362 g/mol. The van der Waals surface area contributed by atoms with Crippen molar-refractivity contribution < 1.29 is 9.21 Å². The number of nitrogens with one attached hydrogen (secondary N) is 1. The molecular formula is C19H27N5O2S. The average molecular weight is 390 g/mol. The molecule has 0 spiro atoms. The summed E-state index contributed by atoms with van der Waals surface area (Å²) < 4.78 is 7.27. The molecule has 0 unspecified atom stereocenters. The van der Waals surface area contributed by atoms with Crippen molar-refractivity contribution in [2.24, 2.45) is 0 Å². The molecule has 1 aliphatic heterocycles. The summed E-state index contributed by atoms with van der Waals surface area (Å²) in [5, 5.41) is 12.3. The van der Waals surface area contributed by atoms with Crippen molar-refractivity contribution in [1.29, 1.82) is 0 Å². The molecule has 7 nitrogen and oxygen atoms in total. The monoisotopic (exact) mass is 389 g/mol. The molecule has 3 heterocycles. The lowest BCUT2D eigenvalue weighted by atomic mass is 10.1. The number of piperidine rings is 1. The summed E-state index contributed by atoms with van der Waals surface area (Å²) in [6.07, 6.45) is 8.22. The van der Waals surface area contributed by atoms with Gasteiger partial charge in [-0.15, -0.1) is 16.8 Å². The first-order valence-electron chi connectivity index (χ1n) is 9.43. The zero-order chi connectivity index (χ0) is 18.9. The number of aromatic nitrogens is 3. The number of thioether (sulfide) groups is 1. The van der Waals surface area contributed by atoms with Crippen LogP contribution in [0.4, 0.5) is 0 Å². The highest BCUT2D eigenvalue weighted by molar-refractivity contribution is 7.99. The number of hydrogen-bond acceptors (Lipinski definition) is 6. The van der Waals surface area contributed by atoms with E-state index in [9.17, 15) is 4.79 Å². The van der Waals surface area contributed by atoms with Gasteiger partial charge in [0.25, 0.3) is 0 Å². The molecule has 0 bridgehead atoms. The van der Waals surface area contributed by atoms with Crippen LogP contribution in [0, 0.1) is 0 Å². The fourth-order valence-electron chi connectivity index (χ4n) is 3.14. The van der Waals surface area contributed by atoms with Crippen LogP contribution in [0.25, 0.3) is 0 Å². The van der Waals surface area contributed by atoms with Gasteiger partial charge in [0.15, 0.2) is 5.16 Å². The Morgan fingerprint density at radius 1 is 1.33 bits per heavy atom. The van der Waals surface area contributed by atoms with Crippen LogP contribution in [0.5, 0.6) is 0 Å². The highest BCUT2D eigenvalue weighted by Crippen LogP contribution is 2.18. The minimum Gasteiger partial charge on any atom is -0.467 e. The Morgan fingerprint density at radius 2 is 2.19 bits per heavy atom. The van der Waals surface area contributed by atoms with E-state index < -0.39 is 0 Å². The van der Waals surface area contributed by atoms with Gasteiger partial charge in [-0.2, -0.15) is 0 Å². The smallest absolute Gasteiger partial charge is 0.230 e. The maximum Gasteiger partial charge on any atom is 0.230 e. The van der Waals surface area contributed by atoms with E-state index in [0.29, 0.717) is 18.8 Å². The first kappa shape index (κ1) is 19.7. The number of amides is 1. The van der Waals surface area contributed by atoms with Crippen LogP contribution in [0.15, 0.2) is 40.6 Å². The van der Waals surface area contributed by atoms with Gasteiger partial charge in [0.2, 0.25) is 5.91 Å². The van der Waals surface area contributed by atoms with Gasteiger partial charge in [0, 0.05) is 19.5 Å². The number of likely N-dealkylation sites (tertiary alicyclic amines) is 1. The van der Waals surface area contributed by atoms with Crippen molar-refractivity contribution in [2.45, 2.75) is 43.9 Å². The molecule has 0 aromatic carbocycles. The fourth-order valence-corrected chi connectivity index (χ4v) is 3.94. The molecule has 1 fully saturated rings. The lowest BCUT2D eigenvalue weighted by Gasteiger charge is -2.26. The highest BCUT2D eigenvalue weighted by Gasteiger charge is 2.16. The Labute approximate surface area is 164 Å².